The summed E-state index contributed by atoms with van der Waals surface area (Å²) in [5.74, 6) is -1.50. The normalized spacial score (nSPS) is 14.7. The molecule has 2 aromatic rings. The number of aryl methyl sites for hydroxylation is 1. The number of imidazole rings is 1. The number of hydrogen-bond donors (Lipinski definition) is 2. The smallest absolute Gasteiger partial charge is 0.374 e. The lowest BCUT2D eigenvalue weighted by Crippen LogP contribution is -2.46. The molecule has 0 aliphatic rings. The maximum Gasteiger partial charge on any atom is 0.424 e. The predicted molar refractivity (Wildman–Crippen MR) is 96.3 cm³/mol. The van der Waals surface area contributed by atoms with Crippen molar-refractivity contribution in [2.24, 2.45) is 7.05 Å². The Morgan fingerprint density at radius 3 is 2.47 bits per heavy atom. The summed E-state index contributed by atoms with van der Waals surface area (Å²) < 4.78 is 79.6. The van der Waals surface area contributed by atoms with Crippen molar-refractivity contribution in [1.29, 1.82) is 0 Å². The summed E-state index contributed by atoms with van der Waals surface area (Å²) in [4.78, 5) is 15.4. The first kappa shape index (κ1) is 23.7. The minimum Gasteiger partial charge on any atom is -0.374 e. The molecular formula is C18H16ClF6N3O2. The minimum absolute atomic E-state index is 0.0154. The molecule has 1 unspecified atom stereocenters. The zero-order chi connectivity index (χ0) is 22.7. The Kier molecular flexibility index (Phi) is 6.87. The second kappa shape index (κ2) is 8.68. The van der Waals surface area contributed by atoms with Gasteiger partial charge in [0.25, 0.3) is 0 Å². The van der Waals surface area contributed by atoms with Crippen LogP contribution in [0.2, 0.25) is 5.02 Å². The number of halogens is 7. The molecule has 2 N–H and O–H groups in total. The zero-order valence-electron chi connectivity index (χ0n) is 15.4. The van der Waals surface area contributed by atoms with E-state index in [1.54, 1.807) is 0 Å². The van der Waals surface area contributed by atoms with Crippen molar-refractivity contribution in [1.82, 2.24) is 14.9 Å². The molecule has 5 nitrogen and oxygen atoms in total. The van der Waals surface area contributed by atoms with Crippen molar-refractivity contribution in [2.45, 2.75) is 24.4 Å². The van der Waals surface area contributed by atoms with E-state index in [1.165, 1.54) is 19.3 Å². The molecule has 0 saturated carbocycles. The molecular weight excluding hydrogens is 440 g/mol. The second-order valence-electron chi connectivity index (χ2n) is 6.33. The third-order valence-electron chi connectivity index (χ3n) is 4.17. The fourth-order valence-corrected chi connectivity index (χ4v) is 2.83. The van der Waals surface area contributed by atoms with Gasteiger partial charge in [0.2, 0.25) is 11.5 Å². The van der Waals surface area contributed by atoms with Crippen molar-refractivity contribution in [3.8, 4) is 0 Å². The van der Waals surface area contributed by atoms with E-state index in [0.29, 0.717) is 0 Å². The van der Waals surface area contributed by atoms with E-state index in [4.69, 9.17) is 11.6 Å². The molecule has 1 atom stereocenters. The topological polar surface area (TPSA) is 67.2 Å². The van der Waals surface area contributed by atoms with E-state index in [-0.39, 0.29) is 5.56 Å². The molecule has 1 aromatic heterocycles. The van der Waals surface area contributed by atoms with Crippen LogP contribution in [0.4, 0.5) is 26.3 Å². The van der Waals surface area contributed by atoms with Gasteiger partial charge in [-0.1, -0.05) is 17.7 Å². The van der Waals surface area contributed by atoms with Crippen LogP contribution in [0.1, 0.15) is 23.4 Å². The Hall–Kier alpha value is -2.53. The van der Waals surface area contributed by atoms with Gasteiger partial charge in [-0.05, 0) is 23.8 Å². The average molecular weight is 456 g/mol. The second-order valence-corrected chi connectivity index (χ2v) is 6.74. The van der Waals surface area contributed by atoms with E-state index >= 15 is 0 Å². The van der Waals surface area contributed by atoms with E-state index in [1.807, 2.05) is 0 Å². The van der Waals surface area contributed by atoms with Crippen molar-refractivity contribution in [2.75, 3.05) is 6.54 Å². The molecule has 12 heteroatoms. The van der Waals surface area contributed by atoms with Crippen LogP contribution in [-0.2, 0) is 23.6 Å². The van der Waals surface area contributed by atoms with E-state index in [0.717, 1.165) is 35.0 Å². The first-order chi connectivity index (χ1) is 13.8. The van der Waals surface area contributed by atoms with Gasteiger partial charge in [-0.15, -0.1) is 0 Å². The van der Waals surface area contributed by atoms with Crippen LogP contribution in [0.5, 0.6) is 0 Å². The Morgan fingerprint density at radius 2 is 1.93 bits per heavy atom. The molecule has 1 amide bonds. The van der Waals surface area contributed by atoms with Gasteiger partial charge in [0.05, 0.1) is 10.6 Å². The molecule has 0 bridgehead atoms. The number of hydrogen-bond acceptors (Lipinski definition) is 3. The summed E-state index contributed by atoms with van der Waals surface area (Å²) in [6.07, 6.45) is -6.42. The summed E-state index contributed by atoms with van der Waals surface area (Å²) in [5.41, 5.74) is -4.36. The molecule has 0 saturated heterocycles. The van der Waals surface area contributed by atoms with Gasteiger partial charge >= 0.3 is 12.4 Å². The molecule has 164 valence electrons. The Bertz CT molecular complexity index is 939. The molecule has 30 heavy (non-hydrogen) atoms. The predicted octanol–water partition coefficient (Wildman–Crippen LogP) is 4.06. The van der Waals surface area contributed by atoms with Crippen molar-refractivity contribution in [3.05, 3.63) is 58.6 Å². The molecule has 1 aromatic carbocycles. The fraction of sp³-hybridized carbons (Fsp3) is 0.333. The van der Waals surface area contributed by atoms with E-state index in [9.17, 15) is 36.2 Å². The first-order valence-corrected chi connectivity index (χ1v) is 8.73. The van der Waals surface area contributed by atoms with Crippen LogP contribution >= 0.6 is 11.6 Å². The number of aromatic nitrogens is 2. The maximum absolute atomic E-state index is 13.4. The quantitative estimate of drug-likeness (QED) is 0.510. The Balaban J connectivity index is 2.05. The van der Waals surface area contributed by atoms with Gasteiger partial charge in [0.15, 0.2) is 0 Å². The number of benzene rings is 1. The highest BCUT2D eigenvalue weighted by molar-refractivity contribution is 6.31. The Morgan fingerprint density at radius 1 is 1.27 bits per heavy atom. The number of rotatable bonds is 6. The molecule has 2 rings (SSSR count). The standard InChI is InChI=1S/C18H16ClF6N3O2/c1-28-9-8-27-15(28)16(30,18(23,24)25)6-7-26-14(29)5-3-11-2-4-13(19)12(10-11)17(20,21)22/h2-5,8-10,30H,6-7H2,1H3,(H,26,29)/b5-3+. The lowest BCUT2D eigenvalue weighted by Gasteiger charge is -2.29. The van der Waals surface area contributed by atoms with E-state index < -0.39 is 53.2 Å². The highest BCUT2D eigenvalue weighted by atomic mass is 35.5. The highest BCUT2D eigenvalue weighted by Crippen LogP contribution is 2.40. The van der Waals surface area contributed by atoms with Gasteiger partial charge < -0.3 is 15.0 Å². The van der Waals surface area contributed by atoms with Gasteiger partial charge in [-0.3, -0.25) is 4.79 Å². The molecule has 0 fully saturated rings. The third kappa shape index (κ3) is 5.33. The molecule has 1 heterocycles. The van der Waals surface area contributed by atoms with Crippen LogP contribution < -0.4 is 5.32 Å². The number of amides is 1. The summed E-state index contributed by atoms with van der Waals surface area (Å²) in [6, 6.07) is 2.98. The number of alkyl halides is 6. The number of carbonyl (C=O) groups is 1. The van der Waals surface area contributed by atoms with Gasteiger partial charge in [0.1, 0.15) is 5.82 Å². The summed E-state index contributed by atoms with van der Waals surface area (Å²) >= 11 is 5.50. The number of carbonyl (C=O) groups excluding carboxylic acids is 1. The lowest BCUT2D eigenvalue weighted by atomic mass is 9.97. The largest absolute Gasteiger partial charge is 0.424 e. The summed E-state index contributed by atoms with van der Waals surface area (Å²) in [5, 5.41) is 11.8. The van der Waals surface area contributed by atoms with Crippen molar-refractivity contribution < 1.29 is 36.2 Å². The molecule has 0 radical (unpaired) electrons. The molecule has 0 aliphatic heterocycles. The van der Waals surface area contributed by atoms with Crippen LogP contribution in [0, 0.1) is 0 Å². The Labute approximate surface area is 172 Å². The van der Waals surface area contributed by atoms with Crippen molar-refractivity contribution >= 4 is 23.6 Å². The molecule has 0 aliphatic carbocycles. The minimum atomic E-state index is -5.05. The SMILES string of the molecule is Cn1ccnc1C(O)(CCNC(=O)/C=C/c1ccc(Cl)c(C(F)(F)F)c1)C(F)(F)F. The molecule has 0 spiro atoms. The number of nitrogens with one attached hydrogen (secondary N) is 1. The summed E-state index contributed by atoms with van der Waals surface area (Å²) in [6.45, 7) is -0.569. The fourth-order valence-electron chi connectivity index (χ4n) is 2.61. The van der Waals surface area contributed by atoms with Gasteiger partial charge in [-0.25, -0.2) is 4.98 Å². The van der Waals surface area contributed by atoms with Gasteiger partial charge in [-0.2, -0.15) is 26.3 Å². The zero-order valence-corrected chi connectivity index (χ0v) is 16.1. The highest BCUT2D eigenvalue weighted by Gasteiger charge is 2.57. The maximum atomic E-state index is 13.4. The van der Waals surface area contributed by atoms with Gasteiger partial charge in [0, 0.05) is 38.5 Å². The van der Waals surface area contributed by atoms with Crippen LogP contribution in [-0.4, -0.2) is 33.3 Å². The summed E-state index contributed by atoms with van der Waals surface area (Å²) in [7, 11) is 1.28. The van der Waals surface area contributed by atoms with Crippen LogP contribution in [0.15, 0.2) is 36.7 Å². The lowest BCUT2D eigenvalue weighted by molar-refractivity contribution is -0.272. The number of aliphatic hydroxyl groups is 1. The monoisotopic (exact) mass is 455 g/mol. The van der Waals surface area contributed by atoms with Crippen LogP contribution in [0.3, 0.4) is 0 Å². The number of nitrogens with zero attached hydrogens (tertiary/aromatic N) is 2. The van der Waals surface area contributed by atoms with Crippen molar-refractivity contribution in [3.63, 3.8) is 0 Å². The third-order valence-corrected chi connectivity index (χ3v) is 4.50. The average Bonchev–Trinajstić information content (AvgIpc) is 3.05. The van der Waals surface area contributed by atoms with Crippen LogP contribution in [0.25, 0.3) is 6.08 Å². The van der Waals surface area contributed by atoms with E-state index in [2.05, 4.69) is 10.3 Å². The first-order valence-electron chi connectivity index (χ1n) is 8.35.